The van der Waals surface area contributed by atoms with Gasteiger partial charge in [0.25, 0.3) is 0 Å². The Morgan fingerprint density at radius 2 is 1.44 bits per heavy atom. The van der Waals surface area contributed by atoms with E-state index >= 15 is 0 Å². The van der Waals surface area contributed by atoms with Crippen molar-refractivity contribution in [1.82, 2.24) is 0 Å². The normalized spacial score (nSPS) is 15.8. The fraction of sp³-hybridized carbons (Fsp3) is 0.185. The topological polar surface area (TPSA) is 0 Å². The Morgan fingerprint density at radius 3 is 2.30 bits per heavy atom. The van der Waals surface area contributed by atoms with Gasteiger partial charge >= 0.3 is 0 Å². The molecule has 0 bridgehead atoms. The highest BCUT2D eigenvalue weighted by Gasteiger charge is 2.38. The van der Waals surface area contributed by atoms with Gasteiger partial charge in [0.2, 0.25) is 0 Å². The third-order valence-corrected chi connectivity index (χ3v) is 6.55. The van der Waals surface area contributed by atoms with Crippen LogP contribution in [0.3, 0.4) is 0 Å². The molecule has 27 heavy (non-hydrogen) atoms. The number of rotatable bonds is 1. The quantitative estimate of drug-likeness (QED) is 0.309. The summed E-state index contributed by atoms with van der Waals surface area (Å²) in [5.74, 6) is 0. The molecule has 0 N–H and O–H groups in total. The van der Waals surface area contributed by atoms with E-state index in [1.54, 1.807) is 11.1 Å². The van der Waals surface area contributed by atoms with E-state index in [1.165, 1.54) is 44.2 Å². The first-order valence-corrected chi connectivity index (χ1v) is 9.90. The smallest absolute Gasteiger partial charge is 0.00101 e. The zero-order valence-corrected chi connectivity index (χ0v) is 15.8. The minimum absolute atomic E-state index is 0.198. The van der Waals surface area contributed by atoms with Crippen molar-refractivity contribution >= 4 is 10.8 Å². The molecule has 0 heteroatoms. The molecule has 0 aliphatic heterocycles. The van der Waals surface area contributed by atoms with Gasteiger partial charge in [0.1, 0.15) is 0 Å². The predicted octanol–water partition coefficient (Wildman–Crippen LogP) is 6.91. The van der Waals surface area contributed by atoms with E-state index in [2.05, 4.69) is 86.6 Å². The molecule has 2 aliphatic carbocycles. The lowest BCUT2D eigenvalue weighted by Crippen LogP contribution is -2.17. The Kier molecular flexibility index (Phi) is 2.88. The molecule has 0 spiro atoms. The van der Waals surface area contributed by atoms with Crippen LogP contribution in [-0.4, -0.2) is 0 Å². The maximum Gasteiger partial charge on any atom is -0.00101 e. The SMILES string of the molecule is CC1(C)Cc2cccc3c(-c4ccccc4)c4c(c1c23)Cc1ccccc1-4. The second kappa shape index (κ2) is 5.10. The number of hydrogen-bond acceptors (Lipinski definition) is 0. The van der Waals surface area contributed by atoms with Crippen molar-refractivity contribution in [2.75, 3.05) is 0 Å². The average Bonchev–Trinajstić information content (AvgIpc) is 3.18. The highest BCUT2D eigenvalue weighted by Crippen LogP contribution is 2.54. The van der Waals surface area contributed by atoms with E-state index in [1.807, 2.05) is 0 Å². The van der Waals surface area contributed by atoms with Crippen molar-refractivity contribution in [3.8, 4) is 22.3 Å². The van der Waals surface area contributed by atoms with Crippen LogP contribution in [0, 0.1) is 0 Å². The van der Waals surface area contributed by atoms with Crippen LogP contribution in [-0.2, 0) is 18.3 Å². The van der Waals surface area contributed by atoms with Crippen LogP contribution in [0.2, 0.25) is 0 Å². The summed E-state index contributed by atoms with van der Waals surface area (Å²) < 4.78 is 0. The standard InChI is InChI=1S/C27H22/c1-27(2)16-19-12-8-14-21-23(17-9-4-3-5-10-17)25-20-13-7-6-11-18(20)15-22(25)26(27)24(19)21/h3-14H,15-16H2,1-2H3. The number of benzene rings is 4. The van der Waals surface area contributed by atoms with E-state index in [4.69, 9.17) is 0 Å². The minimum Gasteiger partial charge on any atom is -0.0622 e. The van der Waals surface area contributed by atoms with Crippen LogP contribution in [0.1, 0.15) is 36.1 Å². The average molecular weight is 346 g/mol. The number of fused-ring (bicyclic) bond motifs is 4. The highest BCUT2D eigenvalue weighted by molar-refractivity contribution is 6.11. The van der Waals surface area contributed by atoms with Gasteiger partial charge in [0.15, 0.2) is 0 Å². The van der Waals surface area contributed by atoms with Crippen LogP contribution < -0.4 is 0 Å². The van der Waals surface area contributed by atoms with Crippen LogP contribution in [0.4, 0.5) is 0 Å². The van der Waals surface area contributed by atoms with Crippen molar-refractivity contribution in [3.63, 3.8) is 0 Å². The van der Waals surface area contributed by atoms with Crippen molar-refractivity contribution in [1.29, 1.82) is 0 Å². The largest absolute Gasteiger partial charge is 0.0622 e. The van der Waals surface area contributed by atoms with Crippen LogP contribution in [0.5, 0.6) is 0 Å². The van der Waals surface area contributed by atoms with Crippen molar-refractivity contribution < 1.29 is 0 Å². The molecule has 2 aliphatic rings. The molecule has 130 valence electrons. The summed E-state index contributed by atoms with van der Waals surface area (Å²) in [5.41, 5.74) is 12.0. The van der Waals surface area contributed by atoms with E-state index in [0.717, 1.165) is 12.8 Å². The highest BCUT2D eigenvalue weighted by atomic mass is 14.4. The molecule has 0 aromatic heterocycles. The first-order valence-electron chi connectivity index (χ1n) is 9.90. The summed E-state index contributed by atoms with van der Waals surface area (Å²) in [4.78, 5) is 0. The molecular weight excluding hydrogens is 324 g/mol. The fourth-order valence-corrected chi connectivity index (χ4v) is 5.61. The molecule has 0 amide bonds. The Morgan fingerprint density at radius 1 is 0.704 bits per heavy atom. The lowest BCUT2D eigenvalue weighted by molar-refractivity contribution is 0.543. The van der Waals surface area contributed by atoms with E-state index < -0.39 is 0 Å². The van der Waals surface area contributed by atoms with Gasteiger partial charge in [-0.2, -0.15) is 0 Å². The molecule has 0 saturated carbocycles. The monoisotopic (exact) mass is 346 g/mol. The summed E-state index contributed by atoms with van der Waals surface area (Å²) in [6.45, 7) is 4.85. The lowest BCUT2D eigenvalue weighted by atomic mass is 9.79. The molecule has 0 radical (unpaired) electrons. The van der Waals surface area contributed by atoms with Crippen LogP contribution in [0.15, 0.2) is 72.8 Å². The Bertz CT molecular complexity index is 1230. The van der Waals surface area contributed by atoms with Crippen LogP contribution in [0.25, 0.3) is 33.0 Å². The van der Waals surface area contributed by atoms with Crippen LogP contribution >= 0.6 is 0 Å². The summed E-state index contributed by atoms with van der Waals surface area (Å²) in [7, 11) is 0. The van der Waals surface area contributed by atoms with Crippen molar-refractivity contribution in [2.24, 2.45) is 0 Å². The first-order chi connectivity index (χ1) is 13.1. The summed E-state index contributed by atoms with van der Waals surface area (Å²) in [5, 5.41) is 2.95. The first kappa shape index (κ1) is 15.2. The Labute approximate surface area is 160 Å². The molecule has 4 aromatic rings. The van der Waals surface area contributed by atoms with Gasteiger partial charge in [-0.25, -0.2) is 0 Å². The molecule has 4 aromatic carbocycles. The third kappa shape index (κ3) is 1.93. The molecule has 6 rings (SSSR count). The van der Waals surface area contributed by atoms with Gasteiger partial charge in [-0.15, -0.1) is 0 Å². The molecule has 0 nitrogen and oxygen atoms in total. The van der Waals surface area contributed by atoms with Gasteiger partial charge in [-0.3, -0.25) is 0 Å². The Balaban J connectivity index is 1.86. The molecule has 0 saturated heterocycles. The number of hydrogen-bond donors (Lipinski definition) is 0. The molecular formula is C27H22. The summed E-state index contributed by atoms with van der Waals surface area (Å²) in [6, 6.07) is 26.9. The van der Waals surface area contributed by atoms with Crippen molar-refractivity contribution in [2.45, 2.75) is 32.1 Å². The zero-order valence-electron chi connectivity index (χ0n) is 15.8. The maximum absolute atomic E-state index is 2.42. The van der Waals surface area contributed by atoms with Gasteiger partial charge < -0.3 is 0 Å². The Hall–Kier alpha value is -2.86. The summed E-state index contributed by atoms with van der Waals surface area (Å²) in [6.07, 6.45) is 2.20. The summed E-state index contributed by atoms with van der Waals surface area (Å²) >= 11 is 0. The second-order valence-electron chi connectivity index (χ2n) is 8.70. The molecule has 0 fully saturated rings. The molecule has 0 atom stereocenters. The van der Waals surface area contributed by atoms with Gasteiger partial charge in [0, 0.05) is 0 Å². The van der Waals surface area contributed by atoms with Crippen molar-refractivity contribution in [3.05, 3.63) is 95.1 Å². The minimum atomic E-state index is 0.198. The molecule has 0 unspecified atom stereocenters. The van der Waals surface area contributed by atoms with Gasteiger partial charge in [0.05, 0.1) is 0 Å². The third-order valence-electron chi connectivity index (χ3n) is 6.55. The van der Waals surface area contributed by atoms with E-state index in [-0.39, 0.29) is 5.41 Å². The van der Waals surface area contributed by atoms with Gasteiger partial charge in [-0.1, -0.05) is 86.6 Å². The maximum atomic E-state index is 2.42. The zero-order chi connectivity index (χ0) is 18.2. The predicted molar refractivity (Wildman–Crippen MR) is 114 cm³/mol. The van der Waals surface area contributed by atoms with E-state index in [0.29, 0.717) is 0 Å². The fourth-order valence-electron chi connectivity index (χ4n) is 5.61. The lowest BCUT2D eigenvalue weighted by Gasteiger charge is -2.24. The molecule has 0 heterocycles. The van der Waals surface area contributed by atoms with Gasteiger partial charge in [-0.05, 0) is 73.5 Å². The van der Waals surface area contributed by atoms with E-state index in [9.17, 15) is 0 Å². The second-order valence-corrected chi connectivity index (χ2v) is 8.70.